The third-order valence-corrected chi connectivity index (χ3v) is 4.13. The maximum Gasteiger partial charge on any atom is 0.168 e. The number of hydrogen-bond donors (Lipinski definition) is 1. The van der Waals surface area contributed by atoms with E-state index in [0.29, 0.717) is 5.69 Å². The minimum absolute atomic E-state index is 0.412. The number of hydrogen-bond acceptors (Lipinski definition) is 5. The summed E-state index contributed by atoms with van der Waals surface area (Å²) in [4.78, 5) is 27.1. The number of aromatic amines is 1. The fourth-order valence-corrected chi connectivity index (χ4v) is 2.91. The molecular weight excluding hydrogens is 296 g/mol. The van der Waals surface area contributed by atoms with E-state index in [-0.39, 0.29) is 0 Å². The molecule has 4 rings (SSSR count). The van der Waals surface area contributed by atoms with Crippen molar-refractivity contribution in [1.82, 2.24) is 19.9 Å². The van der Waals surface area contributed by atoms with E-state index >= 15 is 0 Å². The topological polar surface area (TPSA) is 71.5 Å². The maximum absolute atomic E-state index is 10.8. The predicted molar refractivity (Wildman–Crippen MR) is 85.8 cm³/mol. The SMILES string of the molecule is O=Cc1cccc(-c2cnc3[nH]c(-c4nccs4)cc3c2)n1. The van der Waals surface area contributed by atoms with E-state index < -0.39 is 0 Å². The monoisotopic (exact) mass is 306 g/mol. The van der Waals surface area contributed by atoms with E-state index in [0.717, 1.165) is 39.3 Å². The van der Waals surface area contributed by atoms with Crippen LogP contribution in [0.2, 0.25) is 0 Å². The summed E-state index contributed by atoms with van der Waals surface area (Å²) < 4.78 is 0. The van der Waals surface area contributed by atoms with Crippen molar-refractivity contribution in [2.24, 2.45) is 0 Å². The first-order chi connectivity index (χ1) is 10.8. The summed E-state index contributed by atoms with van der Waals surface area (Å²) in [5.41, 5.74) is 3.77. The molecule has 6 heteroatoms. The summed E-state index contributed by atoms with van der Waals surface area (Å²) in [5, 5.41) is 3.86. The van der Waals surface area contributed by atoms with Crippen LogP contribution in [0, 0.1) is 0 Å². The Morgan fingerprint density at radius 3 is 2.95 bits per heavy atom. The highest BCUT2D eigenvalue weighted by Gasteiger charge is 2.08. The Hall–Kier alpha value is -2.86. The van der Waals surface area contributed by atoms with Gasteiger partial charge < -0.3 is 4.98 Å². The van der Waals surface area contributed by atoms with Gasteiger partial charge in [0.25, 0.3) is 0 Å². The Bertz CT molecular complexity index is 959. The van der Waals surface area contributed by atoms with E-state index in [2.05, 4.69) is 19.9 Å². The molecule has 0 fully saturated rings. The van der Waals surface area contributed by atoms with Gasteiger partial charge in [0, 0.05) is 28.7 Å². The molecule has 0 aliphatic heterocycles. The first kappa shape index (κ1) is 12.8. The molecule has 0 spiro atoms. The smallest absolute Gasteiger partial charge is 0.168 e. The molecule has 22 heavy (non-hydrogen) atoms. The zero-order valence-electron chi connectivity index (χ0n) is 11.4. The minimum atomic E-state index is 0.412. The van der Waals surface area contributed by atoms with Crippen LogP contribution >= 0.6 is 11.3 Å². The van der Waals surface area contributed by atoms with Crippen molar-refractivity contribution >= 4 is 28.7 Å². The Morgan fingerprint density at radius 2 is 2.14 bits per heavy atom. The first-order valence-electron chi connectivity index (χ1n) is 6.65. The molecule has 0 aromatic carbocycles. The van der Waals surface area contributed by atoms with Gasteiger partial charge in [-0.15, -0.1) is 11.3 Å². The molecule has 0 saturated carbocycles. The zero-order valence-corrected chi connectivity index (χ0v) is 12.2. The largest absolute Gasteiger partial charge is 0.337 e. The standard InChI is InChI=1S/C16H10N4OS/c21-9-12-2-1-3-13(19-12)11-6-10-7-14(16-17-4-5-22-16)20-15(10)18-8-11/h1-9H,(H,18,20). The van der Waals surface area contributed by atoms with Crippen molar-refractivity contribution in [2.75, 3.05) is 0 Å². The maximum atomic E-state index is 10.8. The second-order valence-electron chi connectivity index (χ2n) is 4.75. The number of nitrogens with one attached hydrogen (secondary N) is 1. The van der Waals surface area contributed by atoms with E-state index in [1.807, 2.05) is 29.6 Å². The van der Waals surface area contributed by atoms with Gasteiger partial charge in [-0.3, -0.25) is 4.79 Å². The summed E-state index contributed by atoms with van der Waals surface area (Å²) in [5.74, 6) is 0. The number of thiazole rings is 1. The van der Waals surface area contributed by atoms with Gasteiger partial charge in [0.1, 0.15) is 16.3 Å². The first-order valence-corrected chi connectivity index (χ1v) is 7.53. The number of rotatable bonds is 3. The van der Waals surface area contributed by atoms with Crippen LogP contribution < -0.4 is 0 Å². The molecule has 1 N–H and O–H groups in total. The van der Waals surface area contributed by atoms with Crippen LogP contribution in [0.5, 0.6) is 0 Å². The quantitative estimate of drug-likeness (QED) is 0.587. The van der Waals surface area contributed by atoms with Crippen LogP contribution in [0.15, 0.2) is 48.1 Å². The molecule has 5 nitrogen and oxygen atoms in total. The molecule has 0 radical (unpaired) electrons. The van der Waals surface area contributed by atoms with Gasteiger partial charge in [0.05, 0.1) is 11.4 Å². The molecule has 106 valence electrons. The number of fused-ring (bicyclic) bond motifs is 1. The highest BCUT2D eigenvalue weighted by atomic mass is 32.1. The van der Waals surface area contributed by atoms with Crippen LogP contribution in [0.25, 0.3) is 33.0 Å². The predicted octanol–water partition coefficient (Wildman–Crippen LogP) is 3.56. The summed E-state index contributed by atoms with van der Waals surface area (Å²) >= 11 is 1.58. The fourth-order valence-electron chi connectivity index (χ4n) is 2.31. The van der Waals surface area contributed by atoms with Gasteiger partial charge in [-0.05, 0) is 24.3 Å². The van der Waals surface area contributed by atoms with E-state index in [9.17, 15) is 4.79 Å². The van der Waals surface area contributed by atoms with Crippen LogP contribution in [-0.4, -0.2) is 26.2 Å². The average molecular weight is 306 g/mol. The second kappa shape index (κ2) is 5.16. The molecule has 0 saturated heterocycles. The molecule has 0 atom stereocenters. The summed E-state index contributed by atoms with van der Waals surface area (Å²) in [6, 6.07) is 9.39. The van der Waals surface area contributed by atoms with Gasteiger partial charge in [-0.25, -0.2) is 15.0 Å². The van der Waals surface area contributed by atoms with Gasteiger partial charge in [-0.1, -0.05) is 6.07 Å². The Balaban J connectivity index is 1.81. The van der Waals surface area contributed by atoms with Crippen LogP contribution in [0.4, 0.5) is 0 Å². The minimum Gasteiger partial charge on any atom is -0.337 e. The highest BCUT2D eigenvalue weighted by molar-refractivity contribution is 7.13. The molecular formula is C16H10N4OS. The van der Waals surface area contributed by atoms with Crippen molar-refractivity contribution in [3.05, 3.63) is 53.8 Å². The van der Waals surface area contributed by atoms with Gasteiger partial charge in [-0.2, -0.15) is 0 Å². The average Bonchev–Trinajstić information content (AvgIpc) is 3.23. The van der Waals surface area contributed by atoms with Crippen molar-refractivity contribution in [1.29, 1.82) is 0 Å². The molecule has 0 unspecified atom stereocenters. The Kier molecular flexibility index (Phi) is 3.01. The number of aromatic nitrogens is 4. The van der Waals surface area contributed by atoms with E-state index in [1.165, 1.54) is 0 Å². The fraction of sp³-hybridized carbons (Fsp3) is 0. The lowest BCUT2D eigenvalue weighted by molar-refractivity contribution is 0.111. The van der Waals surface area contributed by atoms with Crippen molar-refractivity contribution < 1.29 is 4.79 Å². The number of nitrogens with zero attached hydrogens (tertiary/aromatic N) is 3. The molecule has 0 aliphatic rings. The van der Waals surface area contributed by atoms with Gasteiger partial charge in [0.2, 0.25) is 0 Å². The van der Waals surface area contributed by atoms with Crippen LogP contribution in [0.1, 0.15) is 10.5 Å². The molecule has 4 aromatic rings. The molecule has 4 heterocycles. The van der Waals surface area contributed by atoms with Crippen LogP contribution in [-0.2, 0) is 0 Å². The molecule has 4 aromatic heterocycles. The molecule has 0 bridgehead atoms. The lowest BCUT2D eigenvalue weighted by Crippen LogP contribution is -1.90. The Labute approximate surface area is 129 Å². The van der Waals surface area contributed by atoms with Gasteiger partial charge in [0.15, 0.2) is 6.29 Å². The van der Waals surface area contributed by atoms with Crippen LogP contribution in [0.3, 0.4) is 0 Å². The molecule has 0 aliphatic carbocycles. The van der Waals surface area contributed by atoms with E-state index in [1.54, 1.807) is 29.8 Å². The second-order valence-corrected chi connectivity index (χ2v) is 5.64. The number of carbonyl (C=O) groups is 1. The third-order valence-electron chi connectivity index (χ3n) is 3.32. The van der Waals surface area contributed by atoms with E-state index in [4.69, 9.17) is 0 Å². The number of aldehydes is 1. The summed E-state index contributed by atoms with van der Waals surface area (Å²) in [7, 11) is 0. The third kappa shape index (κ3) is 2.19. The highest BCUT2D eigenvalue weighted by Crippen LogP contribution is 2.27. The van der Waals surface area contributed by atoms with Crippen molar-refractivity contribution in [2.45, 2.75) is 0 Å². The zero-order chi connectivity index (χ0) is 14.9. The Morgan fingerprint density at radius 1 is 1.18 bits per heavy atom. The number of H-pyrrole nitrogens is 1. The van der Waals surface area contributed by atoms with Crippen molar-refractivity contribution in [3.8, 4) is 22.0 Å². The lowest BCUT2D eigenvalue weighted by Gasteiger charge is -2.01. The number of carbonyl (C=O) groups excluding carboxylic acids is 1. The van der Waals surface area contributed by atoms with Crippen molar-refractivity contribution in [3.63, 3.8) is 0 Å². The lowest BCUT2D eigenvalue weighted by atomic mass is 10.1. The van der Waals surface area contributed by atoms with Gasteiger partial charge >= 0.3 is 0 Å². The number of pyridine rings is 2. The summed E-state index contributed by atoms with van der Waals surface area (Å²) in [6.45, 7) is 0. The summed E-state index contributed by atoms with van der Waals surface area (Å²) in [6.07, 6.45) is 4.27. The normalized spacial score (nSPS) is 10.9. The molecule has 0 amide bonds.